The zero-order valence-corrected chi connectivity index (χ0v) is 20.5. The lowest BCUT2D eigenvalue weighted by Gasteiger charge is -2.30. The molecular formula is C19H19ClN6O4S3. The first-order chi connectivity index (χ1) is 15.8. The van der Waals surface area contributed by atoms with E-state index in [0.29, 0.717) is 31.0 Å². The number of carbonyl (C=O) groups is 2. The lowest BCUT2D eigenvalue weighted by Crippen LogP contribution is -2.42. The van der Waals surface area contributed by atoms with E-state index >= 15 is 0 Å². The summed E-state index contributed by atoms with van der Waals surface area (Å²) in [5, 5.41) is 7.86. The van der Waals surface area contributed by atoms with E-state index in [1.54, 1.807) is 17.5 Å². The number of aryl methyl sites for hydroxylation is 1. The predicted molar refractivity (Wildman–Crippen MR) is 124 cm³/mol. The van der Waals surface area contributed by atoms with Crippen molar-refractivity contribution in [1.29, 1.82) is 0 Å². The lowest BCUT2D eigenvalue weighted by atomic mass is 9.99. The van der Waals surface area contributed by atoms with Crippen molar-refractivity contribution in [3.05, 3.63) is 55.9 Å². The molecular weight excluding hydrogens is 508 g/mol. The molecule has 0 atom stereocenters. The van der Waals surface area contributed by atoms with Crippen molar-refractivity contribution >= 4 is 56.3 Å². The van der Waals surface area contributed by atoms with Crippen LogP contribution in [0.5, 0.6) is 0 Å². The molecule has 2 aromatic heterocycles. The highest BCUT2D eigenvalue weighted by molar-refractivity contribution is 7.89. The van der Waals surface area contributed by atoms with Gasteiger partial charge in [-0.25, -0.2) is 13.4 Å². The Morgan fingerprint density at radius 1 is 1.12 bits per heavy atom. The number of aromatic nitrogens is 3. The third-order valence-corrected chi connectivity index (χ3v) is 9.03. The summed E-state index contributed by atoms with van der Waals surface area (Å²) >= 11 is 8.47. The van der Waals surface area contributed by atoms with Crippen LogP contribution in [0.25, 0.3) is 0 Å². The Hall–Kier alpha value is -2.45. The van der Waals surface area contributed by atoms with Gasteiger partial charge in [0.25, 0.3) is 11.8 Å². The number of piperidine rings is 1. The lowest BCUT2D eigenvalue weighted by molar-refractivity contribution is 0.0841. The molecule has 4 rings (SSSR count). The number of carbonyl (C=O) groups excluding carboxylic acids is 2. The van der Waals surface area contributed by atoms with E-state index in [1.165, 1.54) is 27.1 Å². The molecule has 3 heterocycles. The molecule has 2 amide bonds. The Morgan fingerprint density at radius 3 is 2.45 bits per heavy atom. The van der Waals surface area contributed by atoms with Crippen LogP contribution < -0.4 is 10.9 Å². The second kappa shape index (κ2) is 9.81. The van der Waals surface area contributed by atoms with E-state index in [9.17, 15) is 18.0 Å². The zero-order chi connectivity index (χ0) is 23.6. The summed E-state index contributed by atoms with van der Waals surface area (Å²) in [4.78, 5) is 28.7. The SMILES string of the molecule is Cc1ccc(S(=O)(=O)N2CCC(c3nc(C(=O)NNC(=O)c4csnn4)cs3)CC2)cc1Cl. The van der Waals surface area contributed by atoms with Crippen LogP contribution in [-0.4, -0.2) is 52.2 Å². The zero-order valence-electron chi connectivity index (χ0n) is 17.3. The molecule has 0 saturated carbocycles. The van der Waals surface area contributed by atoms with Gasteiger partial charge in [0, 0.05) is 34.8 Å². The van der Waals surface area contributed by atoms with Crippen molar-refractivity contribution in [2.45, 2.75) is 30.6 Å². The number of hydrogen-bond acceptors (Lipinski definition) is 9. The molecule has 33 heavy (non-hydrogen) atoms. The van der Waals surface area contributed by atoms with Crippen LogP contribution >= 0.6 is 34.5 Å². The number of amides is 2. The van der Waals surface area contributed by atoms with E-state index in [0.717, 1.165) is 22.1 Å². The van der Waals surface area contributed by atoms with Crippen LogP contribution in [0, 0.1) is 6.92 Å². The van der Waals surface area contributed by atoms with Gasteiger partial charge in [-0.15, -0.1) is 16.4 Å². The minimum absolute atomic E-state index is 0.0419. The maximum atomic E-state index is 13.0. The molecule has 0 bridgehead atoms. The average Bonchev–Trinajstić information content (AvgIpc) is 3.52. The van der Waals surface area contributed by atoms with Crippen LogP contribution in [-0.2, 0) is 10.0 Å². The van der Waals surface area contributed by atoms with Gasteiger partial charge in [0.2, 0.25) is 10.0 Å². The molecule has 0 aliphatic carbocycles. The van der Waals surface area contributed by atoms with Gasteiger partial charge in [0.15, 0.2) is 5.69 Å². The molecule has 1 saturated heterocycles. The first-order valence-electron chi connectivity index (χ1n) is 9.85. The number of nitrogens with zero attached hydrogens (tertiary/aromatic N) is 4. The first-order valence-corrected chi connectivity index (χ1v) is 13.4. The van der Waals surface area contributed by atoms with Gasteiger partial charge in [-0.1, -0.05) is 22.2 Å². The Kier molecular flexibility index (Phi) is 7.05. The average molecular weight is 527 g/mol. The van der Waals surface area contributed by atoms with Crippen LogP contribution in [0.3, 0.4) is 0 Å². The molecule has 1 aromatic carbocycles. The summed E-state index contributed by atoms with van der Waals surface area (Å²) in [6, 6.07) is 4.74. The third-order valence-electron chi connectivity index (χ3n) is 5.22. The van der Waals surface area contributed by atoms with Crippen molar-refractivity contribution in [2.24, 2.45) is 0 Å². The molecule has 3 aromatic rings. The highest BCUT2D eigenvalue weighted by Gasteiger charge is 2.31. The van der Waals surface area contributed by atoms with E-state index in [1.807, 2.05) is 6.92 Å². The van der Waals surface area contributed by atoms with Gasteiger partial charge in [-0.3, -0.25) is 20.4 Å². The molecule has 2 N–H and O–H groups in total. The van der Waals surface area contributed by atoms with Crippen molar-refractivity contribution < 1.29 is 18.0 Å². The molecule has 10 nitrogen and oxygen atoms in total. The molecule has 0 spiro atoms. The second-order valence-electron chi connectivity index (χ2n) is 7.36. The Labute approximate surface area is 203 Å². The van der Waals surface area contributed by atoms with Crippen LogP contribution in [0.15, 0.2) is 33.9 Å². The number of hydrazine groups is 1. The number of halogens is 1. The molecule has 1 fully saturated rings. The molecule has 0 unspecified atom stereocenters. The number of thiazole rings is 1. The standard InChI is InChI=1S/C19H19ClN6O4S3/c1-11-2-3-13(8-14(11)20)33(29,30)26-6-4-12(5-7-26)19-21-15(9-31-19)17(27)23-24-18(28)16-10-32-25-22-16/h2-3,8-10,12H,4-7H2,1H3,(H,23,27)(H,24,28). The summed E-state index contributed by atoms with van der Waals surface area (Å²) in [5.41, 5.74) is 5.67. The topological polar surface area (TPSA) is 134 Å². The second-order valence-corrected chi connectivity index (χ2v) is 11.2. The largest absolute Gasteiger partial charge is 0.291 e. The molecule has 1 aliphatic heterocycles. The highest BCUT2D eigenvalue weighted by atomic mass is 35.5. The molecule has 0 radical (unpaired) electrons. The number of sulfonamides is 1. The quantitative estimate of drug-likeness (QED) is 0.488. The van der Waals surface area contributed by atoms with Gasteiger partial charge in [0.1, 0.15) is 5.69 Å². The maximum Gasteiger partial charge on any atom is 0.291 e. The fourth-order valence-electron chi connectivity index (χ4n) is 3.31. The van der Waals surface area contributed by atoms with Gasteiger partial charge < -0.3 is 0 Å². The fraction of sp³-hybridized carbons (Fsp3) is 0.316. The maximum absolute atomic E-state index is 13.0. The van der Waals surface area contributed by atoms with Crippen molar-refractivity contribution in [2.75, 3.05) is 13.1 Å². The third kappa shape index (κ3) is 5.22. The minimum Gasteiger partial charge on any atom is -0.266 e. The molecule has 14 heteroatoms. The van der Waals surface area contributed by atoms with Gasteiger partial charge in [-0.05, 0) is 49.0 Å². The van der Waals surface area contributed by atoms with Crippen LogP contribution in [0.2, 0.25) is 5.02 Å². The smallest absolute Gasteiger partial charge is 0.266 e. The molecule has 174 valence electrons. The van der Waals surface area contributed by atoms with E-state index in [2.05, 4.69) is 25.4 Å². The summed E-state index contributed by atoms with van der Waals surface area (Å²) in [6.07, 6.45) is 1.17. The Balaban J connectivity index is 1.34. The van der Waals surface area contributed by atoms with Crippen LogP contribution in [0.4, 0.5) is 0 Å². The minimum atomic E-state index is -3.63. The first kappa shape index (κ1) is 23.7. The van der Waals surface area contributed by atoms with Gasteiger partial charge >= 0.3 is 0 Å². The number of benzene rings is 1. The predicted octanol–water partition coefficient (Wildman–Crippen LogP) is 2.60. The summed E-state index contributed by atoms with van der Waals surface area (Å²) < 4.78 is 31.0. The van der Waals surface area contributed by atoms with E-state index in [4.69, 9.17) is 11.6 Å². The molecule has 1 aliphatic rings. The fourth-order valence-corrected chi connectivity index (χ4v) is 6.46. The van der Waals surface area contributed by atoms with Gasteiger partial charge in [-0.2, -0.15) is 4.31 Å². The number of nitrogens with one attached hydrogen (secondary N) is 2. The summed E-state index contributed by atoms with van der Waals surface area (Å²) in [5.74, 6) is -1.08. The Morgan fingerprint density at radius 2 is 1.82 bits per heavy atom. The van der Waals surface area contributed by atoms with Crippen molar-refractivity contribution in [3.63, 3.8) is 0 Å². The summed E-state index contributed by atoms with van der Waals surface area (Å²) in [7, 11) is -3.63. The van der Waals surface area contributed by atoms with Crippen LogP contribution in [0.1, 0.15) is 50.3 Å². The monoisotopic (exact) mass is 526 g/mol. The van der Waals surface area contributed by atoms with E-state index in [-0.39, 0.29) is 22.2 Å². The summed E-state index contributed by atoms with van der Waals surface area (Å²) in [6.45, 7) is 2.51. The van der Waals surface area contributed by atoms with Gasteiger partial charge in [0.05, 0.1) is 9.90 Å². The van der Waals surface area contributed by atoms with Crippen molar-refractivity contribution in [1.82, 2.24) is 29.7 Å². The number of rotatable bonds is 5. The number of hydrogen-bond donors (Lipinski definition) is 2. The normalized spacial score (nSPS) is 15.3. The Bertz CT molecular complexity index is 1270. The van der Waals surface area contributed by atoms with E-state index < -0.39 is 21.8 Å². The van der Waals surface area contributed by atoms with Crippen molar-refractivity contribution in [3.8, 4) is 0 Å². The highest BCUT2D eigenvalue weighted by Crippen LogP contribution is 2.33.